The van der Waals surface area contributed by atoms with Gasteiger partial charge in [0.05, 0.1) is 0 Å². The number of aliphatic hydroxyl groups excluding tert-OH is 1. The van der Waals surface area contributed by atoms with Gasteiger partial charge in [-0.05, 0) is 85.5 Å². The van der Waals surface area contributed by atoms with Gasteiger partial charge in [-0.2, -0.15) is 0 Å². The van der Waals surface area contributed by atoms with E-state index < -0.39 is 6.10 Å². The summed E-state index contributed by atoms with van der Waals surface area (Å²) in [5.41, 5.74) is 1.97. The maximum atomic E-state index is 11.9. The molecule has 4 aliphatic rings. The lowest BCUT2D eigenvalue weighted by atomic mass is 9.46. The molecule has 0 aromatic carbocycles. The summed E-state index contributed by atoms with van der Waals surface area (Å²) in [6.45, 7) is 7.29. The second-order valence-corrected chi connectivity index (χ2v) is 9.35. The van der Waals surface area contributed by atoms with Crippen molar-refractivity contribution in [2.24, 2.45) is 34.5 Å². The van der Waals surface area contributed by atoms with E-state index in [4.69, 9.17) is 0 Å². The Balaban J connectivity index is 1.67. The Kier molecular flexibility index (Phi) is 3.58. The van der Waals surface area contributed by atoms with Gasteiger partial charge >= 0.3 is 0 Å². The van der Waals surface area contributed by atoms with Crippen molar-refractivity contribution < 1.29 is 9.90 Å². The molecule has 7 atom stereocenters. The Bertz CT molecular complexity index is 550. The van der Waals surface area contributed by atoms with Gasteiger partial charge in [0.15, 0.2) is 5.78 Å². The fourth-order valence-electron chi connectivity index (χ4n) is 7.40. The van der Waals surface area contributed by atoms with E-state index in [2.05, 4.69) is 20.8 Å². The molecule has 2 heteroatoms. The van der Waals surface area contributed by atoms with Crippen molar-refractivity contribution in [1.29, 1.82) is 0 Å². The third-order valence-electron chi connectivity index (χ3n) is 8.69. The average molecular weight is 316 g/mol. The molecule has 0 amide bonds. The number of ketones is 1. The summed E-state index contributed by atoms with van der Waals surface area (Å²) in [5.74, 6) is 3.23. The summed E-state index contributed by atoms with van der Waals surface area (Å²) >= 11 is 0. The molecule has 0 aromatic rings. The molecule has 0 heterocycles. The molecular weight excluding hydrogens is 284 g/mol. The standard InChI is InChI=1S/C21H32O2/c1-4-13-6-8-16-15-7-5-14-11-18(22)19(23)12-21(14,3)17(15)9-10-20(13,16)2/h11,13,15-17,19,23H,4-10,12H2,1-3H3/t13-,15-,16-,17-,19?,20+,21-/m0/s1. The molecule has 4 rings (SSSR count). The van der Waals surface area contributed by atoms with Crippen LogP contribution in [0, 0.1) is 34.5 Å². The second kappa shape index (κ2) is 5.18. The molecule has 0 aromatic heterocycles. The van der Waals surface area contributed by atoms with Crippen molar-refractivity contribution in [3.63, 3.8) is 0 Å². The molecule has 0 aliphatic heterocycles. The van der Waals surface area contributed by atoms with Gasteiger partial charge in [0, 0.05) is 0 Å². The first-order chi connectivity index (χ1) is 10.9. The number of fused-ring (bicyclic) bond motifs is 5. The molecule has 0 saturated heterocycles. The second-order valence-electron chi connectivity index (χ2n) is 9.35. The van der Waals surface area contributed by atoms with E-state index in [1.54, 1.807) is 0 Å². The molecule has 2 nitrogen and oxygen atoms in total. The Hall–Kier alpha value is -0.630. The van der Waals surface area contributed by atoms with Crippen LogP contribution in [0.3, 0.4) is 0 Å². The summed E-state index contributed by atoms with van der Waals surface area (Å²) in [7, 11) is 0. The molecule has 1 N–H and O–H groups in total. The van der Waals surface area contributed by atoms with Gasteiger partial charge in [-0.15, -0.1) is 0 Å². The highest BCUT2D eigenvalue weighted by Gasteiger charge is 2.59. The molecule has 3 fully saturated rings. The fraction of sp³-hybridized carbons (Fsp3) is 0.857. The number of rotatable bonds is 1. The zero-order chi connectivity index (χ0) is 16.4. The predicted octanol–water partition coefficient (Wildman–Crippen LogP) is 4.52. The van der Waals surface area contributed by atoms with E-state index in [1.807, 2.05) is 6.08 Å². The summed E-state index contributed by atoms with van der Waals surface area (Å²) in [6, 6.07) is 0. The van der Waals surface area contributed by atoms with Crippen LogP contribution in [-0.2, 0) is 4.79 Å². The van der Waals surface area contributed by atoms with E-state index in [0.29, 0.717) is 17.8 Å². The molecular formula is C21H32O2. The minimum atomic E-state index is -0.761. The van der Waals surface area contributed by atoms with Crippen molar-refractivity contribution in [3.8, 4) is 0 Å². The van der Waals surface area contributed by atoms with Gasteiger partial charge in [0.25, 0.3) is 0 Å². The number of allylic oxidation sites excluding steroid dienone is 1. The summed E-state index contributed by atoms with van der Waals surface area (Å²) in [5, 5.41) is 10.2. The van der Waals surface area contributed by atoms with Gasteiger partial charge in [0.2, 0.25) is 0 Å². The van der Waals surface area contributed by atoms with E-state index in [-0.39, 0.29) is 11.2 Å². The SMILES string of the molecule is CC[C@H]1CC[C@H]2[C@@H]3CCC4=CC(=O)C(O)C[C@]4(C)[C@H]3CC[C@]12C. The van der Waals surface area contributed by atoms with Crippen molar-refractivity contribution in [1.82, 2.24) is 0 Å². The van der Waals surface area contributed by atoms with Crippen LogP contribution in [0.25, 0.3) is 0 Å². The van der Waals surface area contributed by atoms with Crippen LogP contribution in [0.15, 0.2) is 11.6 Å². The van der Waals surface area contributed by atoms with Crippen LogP contribution < -0.4 is 0 Å². The largest absolute Gasteiger partial charge is 0.385 e. The minimum Gasteiger partial charge on any atom is -0.385 e. The van der Waals surface area contributed by atoms with E-state index in [9.17, 15) is 9.90 Å². The number of carbonyl (C=O) groups is 1. The van der Waals surface area contributed by atoms with Gasteiger partial charge in [0.1, 0.15) is 6.10 Å². The number of carbonyl (C=O) groups excluding carboxylic acids is 1. The highest BCUT2D eigenvalue weighted by molar-refractivity contribution is 5.95. The predicted molar refractivity (Wildman–Crippen MR) is 91.9 cm³/mol. The zero-order valence-corrected chi connectivity index (χ0v) is 15.0. The van der Waals surface area contributed by atoms with Crippen molar-refractivity contribution in [3.05, 3.63) is 11.6 Å². The molecule has 4 aliphatic carbocycles. The van der Waals surface area contributed by atoms with Gasteiger partial charge in [-0.25, -0.2) is 0 Å². The highest BCUT2D eigenvalue weighted by atomic mass is 16.3. The third-order valence-corrected chi connectivity index (χ3v) is 8.69. The molecule has 23 heavy (non-hydrogen) atoms. The fourth-order valence-corrected chi connectivity index (χ4v) is 7.40. The Morgan fingerprint density at radius 2 is 1.96 bits per heavy atom. The first kappa shape index (κ1) is 15.9. The van der Waals surface area contributed by atoms with Crippen LogP contribution in [-0.4, -0.2) is 17.0 Å². The average Bonchev–Trinajstić information content (AvgIpc) is 2.85. The molecule has 0 spiro atoms. The van der Waals surface area contributed by atoms with Crippen LogP contribution in [0.4, 0.5) is 0 Å². The van der Waals surface area contributed by atoms with E-state index in [1.165, 1.54) is 44.1 Å². The van der Waals surface area contributed by atoms with E-state index in [0.717, 1.165) is 24.2 Å². The Labute approximate surface area is 140 Å². The minimum absolute atomic E-state index is 0.0523. The Morgan fingerprint density at radius 1 is 1.17 bits per heavy atom. The topological polar surface area (TPSA) is 37.3 Å². The number of hydrogen-bond acceptors (Lipinski definition) is 2. The van der Waals surface area contributed by atoms with Crippen LogP contribution >= 0.6 is 0 Å². The molecule has 0 bridgehead atoms. The molecule has 3 saturated carbocycles. The maximum absolute atomic E-state index is 11.9. The number of aliphatic hydroxyl groups is 1. The van der Waals surface area contributed by atoms with Crippen LogP contribution in [0.1, 0.15) is 72.1 Å². The smallest absolute Gasteiger partial charge is 0.184 e. The molecule has 128 valence electrons. The summed E-state index contributed by atoms with van der Waals surface area (Å²) in [4.78, 5) is 11.9. The van der Waals surface area contributed by atoms with Gasteiger partial charge < -0.3 is 5.11 Å². The summed E-state index contributed by atoms with van der Waals surface area (Å²) in [6.07, 6.45) is 10.9. The van der Waals surface area contributed by atoms with Crippen LogP contribution in [0.5, 0.6) is 0 Å². The number of hydrogen-bond donors (Lipinski definition) is 1. The van der Waals surface area contributed by atoms with Gasteiger partial charge in [-0.3, -0.25) is 4.79 Å². The highest BCUT2D eigenvalue weighted by Crippen LogP contribution is 2.66. The molecule has 0 radical (unpaired) electrons. The van der Waals surface area contributed by atoms with Gasteiger partial charge in [-0.1, -0.05) is 32.8 Å². The Morgan fingerprint density at radius 3 is 2.70 bits per heavy atom. The third kappa shape index (κ3) is 2.06. The lowest BCUT2D eigenvalue weighted by Gasteiger charge is -2.58. The van der Waals surface area contributed by atoms with E-state index >= 15 is 0 Å². The lowest BCUT2D eigenvalue weighted by Crippen LogP contribution is -2.52. The first-order valence-corrected chi connectivity index (χ1v) is 9.83. The summed E-state index contributed by atoms with van der Waals surface area (Å²) < 4.78 is 0. The van der Waals surface area contributed by atoms with Crippen molar-refractivity contribution >= 4 is 5.78 Å². The van der Waals surface area contributed by atoms with Crippen molar-refractivity contribution in [2.45, 2.75) is 78.2 Å². The monoisotopic (exact) mass is 316 g/mol. The zero-order valence-electron chi connectivity index (χ0n) is 15.0. The van der Waals surface area contributed by atoms with Crippen molar-refractivity contribution in [2.75, 3.05) is 0 Å². The van der Waals surface area contributed by atoms with Crippen LogP contribution in [0.2, 0.25) is 0 Å². The maximum Gasteiger partial charge on any atom is 0.184 e. The lowest BCUT2D eigenvalue weighted by molar-refractivity contribution is -0.128. The molecule has 1 unspecified atom stereocenters. The quantitative estimate of drug-likeness (QED) is 0.772. The first-order valence-electron chi connectivity index (χ1n) is 9.83. The normalized spacial score (nSPS) is 52.4.